The van der Waals surface area contributed by atoms with Gasteiger partial charge in [0.25, 0.3) is 0 Å². The summed E-state index contributed by atoms with van der Waals surface area (Å²) in [5.74, 6) is 1.76. The molecule has 0 spiro atoms. The van der Waals surface area contributed by atoms with E-state index in [-0.39, 0.29) is 5.82 Å². The lowest BCUT2D eigenvalue weighted by Gasteiger charge is -2.27. The van der Waals surface area contributed by atoms with Gasteiger partial charge in [-0.1, -0.05) is 63.3 Å². The summed E-state index contributed by atoms with van der Waals surface area (Å²) in [5, 5.41) is 0. The lowest BCUT2D eigenvalue weighted by molar-refractivity contribution is 0.260. The summed E-state index contributed by atoms with van der Waals surface area (Å²) in [7, 11) is 0. The van der Waals surface area contributed by atoms with Gasteiger partial charge in [-0.2, -0.15) is 0 Å². The van der Waals surface area contributed by atoms with Gasteiger partial charge in [-0.25, -0.2) is 4.39 Å². The third kappa shape index (κ3) is 4.81. The Hall–Kier alpha value is -1.11. The second kappa shape index (κ2) is 7.47. The van der Waals surface area contributed by atoms with Gasteiger partial charge in [0, 0.05) is 0 Å². The fourth-order valence-electron chi connectivity index (χ4n) is 3.05. The molecule has 0 unspecified atom stereocenters. The number of hydrogen-bond donors (Lipinski definition) is 0. The van der Waals surface area contributed by atoms with E-state index in [1.54, 1.807) is 0 Å². The number of allylic oxidation sites excluding steroid dienone is 1. The molecule has 0 nitrogen and oxygen atoms in total. The number of halogens is 1. The monoisotopic (exact) mass is 260 g/mol. The summed E-state index contributed by atoms with van der Waals surface area (Å²) in [5.41, 5.74) is 1.09. The minimum Gasteiger partial charge on any atom is -0.207 e. The van der Waals surface area contributed by atoms with Crippen molar-refractivity contribution in [2.24, 2.45) is 11.8 Å². The molecule has 104 valence electrons. The third-order valence-corrected chi connectivity index (χ3v) is 4.47. The Balaban J connectivity index is 1.68. The van der Waals surface area contributed by atoms with Gasteiger partial charge < -0.3 is 0 Å². The van der Waals surface area contributed by atoms with Crippen LogP contribution in [0.4, 0.5) is 4.39 Å². The highest BCUT2D eigenvalue weighted by Gasteiger charge is 2.18. The smallest absolute Gasteiger partial charge is 0.123 e. The average Bonchev–Trinajstić information content (AvgIpc) is 2.46. The van der Waals surface area contributed by atoms with E-state index in [4.69, 9.17) is 0 Å². The molecule has 0 radical (unpaired) electrons. The van der Waals surface area contributed by atoms with Crippen LogP contribution in [0.25, 0.3) is 6.08 Å². The quantitative estimate of drug-likeness (QED) is 0.624. The summed E-state index contributed by atoms with van der Waals surface area (Å²) in [6.45, 7) is 2.32. The van der Waals surface area contributed by atoms with Crippen LogP contribution in [0, 0.1) is 17.7 Å². The maximum absolute atomic E-state index is 12.8. The molecule has 0 bridgehead atoms. The molecule has 0 N–H and O–H groups in total. The van der Waals surface area contributed by atoms with E-state index in [1.807, 2.05) is 12.1 Å². The van der Waals surface area contributed by atoms with Crippen molar-refractivity contribution in [2.45, 2.75) is 51.9 Å². The van der Waals surface area contributed by atoms with Crippen molar-refractivity contribution in [2.75, 3.05) is 0 Å². The highest BCUT2D eigenvalue weighted by atomic mass is 19.1. The molecule has 1 aromatic carbocycles. The molecule has 1 aliphatic carbocycles. The van der Waals surface area contributed by atoms with Crippen molar-refractivity contribution in [1.82, 2.24) is 0 Å². The van der Waals surface area contributed by atoms with E-state index < -0.39 is 0 Å². The molecule has 1 fully saturated rings. The summed E-state index contributed by atoms with van der Waals surface area (Å²) in [6.07, 6.45) is 13.9. The van der Waals surface area contributed by atoms with E-state index >= 15 is 0 Å². The Morgan fingerprint density at radius 1 is 1.05 bits per heavy atom. The average molecular weight is 260 g/mol. The first-order valence-corrected chi connectivity index (χ1v) is 7.70. The summed E-state index contributed by atoms with van der Waals surface area (Å²) in [4.78, 5) is 0. The van der Waals surface area contributed by atoms with Crippen LogP contribution < -0.4 is 0 Å². The maximum Gasteiger partial charge on any atom is 0.123 e. The minimum absolute atomic E-state index is 0.162. The molecule has 0 heterocycles. The Morgan fingerprint density at radius 2 is 1.68 bits per heavy atom. The van der Waals surface area contributed by atoms with Crippen molar-refractivity contribution in [3.05, 3.63) is 41.7 Å². The zero-order valence-electron chi connectivity index (χ0n) is 11.9. The van der Waals surface area contributed by atoms with Gasteiger partial charge >= 0.3 is 0 Å². The first-order chi connectivity index (χ1) is 9.28. The zero-order valence-corrected chi connectivity index (χ0v) is 11.9. The molecule has 1 aliphatic rings. The van der Waals surface area contributed by atoms with E-state index in [0.717, 1.165) is 23.8 Å². The molecule has 0 aromatic heterocycles. The summed E-state index contributed by atoms with van der Waals surface area (Å²) in [6, 6.07) is 6.70. The van der Waals surface area contributed by atoms with Crippen LogP contribution in [0.2, 0.25) is 0 Å². The molecule has 0 atom stereocenters. The predicted octanol–water partition coefficient (Wildman–Crippen LogP) is 5.84. The normalized spacial score (nSPS) is 23.9. The lowest BCUT2D eigenvalue weighted by atomic mass is 9.79. The van der Waals surface area contributed by atoms with Gasteiger partial charge in [-0.3, -0.25) is 0 Å². The second-order valence-corrected chi connectivity index (χ2v) is 5.83. The van der Waals surface area contributed by atoms with Crippen LogP contribution in [0.3, 0.4) is 0 Å². The van der Waals surface area contributed by atoms with Crippen LogP contribution in [0.15, 0.2) is 30.3 Å². The van der Waals surface area contributed by atoms with Gasteiger partial charge in [0.2, 0.25) is 0 Å². The molecule has 0 saturated heterocycles. The Morgan fingerprint density at radius 3 is 2.32 bits per heavy atom. The predicted molar refractivity (Wildman–Crippen MR) is 80.4 cm³/mol. The molecule has 1 saturated carbocycles. The summed E-state index contributed by atoms with van der Waals surface area (Å²) >= 11 is 0. The highest BCUT2D eigenvalue weighted by Crippen LogP contribution is 2.33. The largest absolute Gasteiger partial charge is 0.207 e. The topological polar surface area (TPSA) is 0 Å². The maximum atomic E-state index is 12.8. The fraction of sp³-hybridized carbons (Fsp3) is 0.556. The van der Waals surface area contributed by atoms with Crippen molar-refractivity contribution in [3.63, 3.8) is 0 Å². The second-order valence-electron chi connectivity index (χ2n) is 5.83. The van der Waals surface area contributed by atoms with E-state index in [2.05, 4.69) is 19.1 Å². The zero-order chi connectivity index (χ0) is 13.5. The highest BCUT2D eigenvalue weighted by molar-refractivity contribution is 5.48. The third-order valence-electron chi connectivity index (χ3n) is 4.47. The van der Waals surface area contributed by atoms with E-state index in [0.29, 0.717) is 0 Å². The molecular formula is C18H25F. The van der Waals surface area contributed by atoms with Crippen LogP contribution in [-0.4, -0.2) is 0 Å². The van der Waals surface area contributed by atoms with Crippen molar-refractivity contribution >= 4 is 6.08 Å². The van der Waals surface area contributed by atoms with Crippen molar-refractivity contribution in [3.8, 4) is 0 Å². The van der Waals surface area contributed by atoms with Crippen LogP contribution >= 0.6 is 0 Å². The van der Waals surface area contributed by atoms with Crippen LogP contribution in [-0.2, 0) is 0 Å². The number of benzene rings is 1. The standard InChI is InChI=1S/C18H25F/c1-2-15-7-9-16(10-8-15)5-3-4-6-17-11-13-18(19)14-12-17/h4,6,11-16H,2-3,5,7-10H2,1H3/b6-4-. The van der Waals surface area contributed by atoms with Gasteiger partial charge in [0.15, 0.2) is 0 Å². The van der Waals surface area contributed by atoms with E-state index in [9.17, 15) is 4.39 Å². The van der Waals surface area contributed by atoms with Gasteiger partial charge in [-0.05, 0) is 42.4 Å². The van der Waals surface area contributed by atoms with Gasteiger partial charge in [0.05, 0.1) is 0 Å². The SMILES string of the molecule is CCC1CCC(CC/C=C\c2ccc(F)cc2)CC1. The fourth-order valence-corrected chi connectivity index (χ4v) is 3.05. The van der Waals surface area contributed by atoms with E-state index in [1.165, 1.54) is 50.7 Å². The molecular weight excluding hydrogens is 235 g/mol. The molecule has 1 heteroatoms. The Kier molecular flexibility index (Phi) is 5.62. The first-order valence-electron chi connectivity index (χ1n) is 7.70. The summed E-state index contributed by atoms with van der Waals surface area (Å²) < 4.78 is 12.8. The molecule has 2 rings (SSSR count). The first kappa shape index (κ1) is 14.3. The van der Waals surface area contributed by atoms with Gasteiger partial charge in [0.1, 0.15) is 5.82 Å². The van der Waals surface area contributed by atoms with Crippen molar-refractivity contribution in [1.29, 1.82) is 0 Å². The van der Waals surface area contributed by atoms with Gasteiger partial charge in [-0.15, -0.1) is 0 Å². The Labute approximate surface area is 116 Å². The molecule has 1 aromatic rings. The Bertz CT molecular complexity index is 383. The minimum atomic E-state index is -0.162. The van der Waals surface area contributed by atoms with Crippen molar-refractivity contribution < 1.29 is 4.39 Å². The number of hydrogen-bond acceptors (Lipinski definition) is 0. The lowest BCUT2D eigenvalue weighted by Crippen LogP contribution is -2.13. The molecule has 19 heavy (non-hydrogen) atoms. The molecule has 0 aliphatic heterocycles. The van der Waals surface area contributed by atoms with Crippen LogP contribution in [0.5, 0.6) is 0 Å². The van der Waals surface area contributed by atoms with Crippen LogP contribution in [0.1, 0.15) is 57.4 Å². The number of rotatable bonds is 5. The molecule has 0 amide bonds.